The van der Waals surface area contributed by atoms with Crippen LogP contribution in [0.5, 0.6) is 17.2 Å². The number of methoxy groups -OCH3 is 3. The van der Waals surface area contributed by atoms with E-state index in [0.717, 1.165) is 5.56 Å². The molecule has 0 saturated carbocycles. The predicted octanol–water partition coefficient (Wildman–Crippen LogP) is 2.40. The summed E-state index contributed by atoms with van der Waals surface area (Å²) in [6, 6.07) is 3.57. The van der Waals surface area contributed by atoms with Gasteiger partial charge in [0.25, 0.3) is 0 Å². The van der Waals surface area contributed by atoms with Crippen molar-refractivity contribution in [1.29, 1.82) is 0 Å². The zero-order valence-electron chi connectivity index (χ0n) is 11.1. The lowest BCUT2D eigenvalue weighted by atomic mass is 10.1. The van der Waals surface area contributed by atoms with Crippen molar-refractivity contribution in [1.82, 2.24) is 0 Å². The normalized spacial score (nSPS) is 10.4. The third-order valence-corrected chi connectivity index (χ3v) is 2.50. The topological polar surface area (TPSA) is 44.8 Å². The molecule has 0 unspecified atom stereocenters. The van der Waals surface area contributed by atoms with E-state index in [0.29, 0.717) is 17.2 Å². The van der Waals surface area contributed by atoms with Gasteiger partial charge in [-0.25, -0.2) is 0 Å². The number of hydrogen-bond donors (Lipinski definition) is 0. The Bertz CT molecular complexity index is 449. The summed E-state index contributed by atoms with van der Waals surface area (Å²) in [6.45, 7) is 1.81. The number of ketones is 1. The van der Waals surface area contributed by atoms with Crippen molar-refractivity contribution in [3.05, 3.63) is 29.8 Å². The van der Waals surface area contributed by atoms with Crippen LogP contribution in [-0.4, -0.2) is 27.1 Å². The quantitative estimate of drug-likeness (QED) is 0.727. The summed E-state index contributed by atoms with van der Waals surface area (Å²) in [5.41, 5.74) is 0.776. The molecule has 0 bridgehead atoms. The summed E-state index contributed by atoms with van der Waals surface area (Å²) in [6.07, 6.45) is 3.53. The number of benzene rings is 1. The number of allylic oxidation sites excluding steroid dienone is 2. The molecule has 0 radical (unpaired) electrons. The van der Waals surface area contributed by atoms with Crippen molar-refractivity contribution >= 4 is 5.78 Å². The fourth-order valence-electron chi connectivity index (χ4n) is 1.73. The van der Waals surface area contributed by atoms with E-state index in [-0.39, 0.29) is 12.2 Å². The molecular formula is C14H18O4. The maximum atomic E-state index is 11.6. The Morgan fingerprint density at radius 1 is 1.11 bits per heavy atom. The molecule has 1 aromatic carbocycles. The van der Waals surface area contributed by atoms with Crippen molar-refractivity contribution in [2.75, 3.05) is 21.3 Å². The van der Waals surface area contributed by atoms with Crippen LogP contribution in [0, 0.1) is 0 Å². The van der Waals surface area contributed by atoms with Crippen molar-refractivity contribution < 1.29 is 19.0 Å². The molecule has 0 atom stereocenters. The van der Waals surface area contributed by atoms with Crippen LogP contribution in [0.15, 0.2) is 24.3 Å². The largest absolute Gasteiger partial charge is 0.493 e. The molecule has 0 aromatic heterocycles. The first kappa shape index (κ1) is 14.1. The molecular weight excluding hydrogens is 232 g/mol. The van der Waals surface area contributed by atoms with Crippen LogP contribution in [0.4, 0.5) is 0 Å². The zero-order valence-corrected chi connectivity index (χ0v) is 11.1. The molecule has 4 heteroatoms. The van der Waals surface area contributed by atoms with Gasteiger partial charge in [0.15, 0.2) is 17.3 Å². The molecule has 0 heterocycles. The molecule has 0 spiro atoms. The first-order chi connectivity index (χ1) is 8.67. The highest BCUT2D eigenvalue weighted by Crippen LogP contribution is 2.39. The van der Waals surface area contributed by atoms with Crippen LogP contribution in [0.1, 0.15) is 12.5 Å². The average molecular weight is 250 g/mol. The molecule has 0 amide bonds. The standard InChI is InChI=1S/C14H18O4/c1-5-6-11(15)9-10-7-8-12(16-2)14(18-4)13(10)17-3/h5-8H,9H2,1-4H3/b6-5+. The fourth-order valence-corrected chi connectivity index (χ4v) is 1.73. The second-order valence-corrected chi connectivity index (χ2v) is 3.64. The van der Waals surface area contributed by atoms with Gasteiger partial charge in [-0.15, -0.1) is 0 Å². The number of ether oxygens (including phenoxy) is 3. The lowest BCUT2D eigenvalue weighted by molar-refractivity contribution is -0.114. The van der Waals surface area contributed by atoms with Crippen LogP contribution >= 0.6 is 0 Å². The van der Waals surface area contributed by atoms with Gasteiger partial charge in [-0.2, -0.15) is 0 Å². The van der Waals surface area contributed by atoms with Crippen molar-refractivity contribution in [2.45, 2.75) is 13.3 Å². The molecule has 0 fully saturated rings. The summed E-state index contributed by atoms with van der Waals surface area (Å²) in [4.78, 5) is 11.6. The lowest BCUT2D eigenvalue weighted by Gasteiger charge is -2.15. The SMILES string of the molecule is C/C=C/C(=O)Cc1ccc(OC)c(OC)c1OC. The van der Waals surface area contributed by atoms with E-state index >= 15 is 0 Å². The van der Waals surface area contributed by atoms with Gasteiger partial charge in [-0.3, -0.25) is 4.79 Å². The van der Waals surface area contributed by atoms with Gasteiger partial charge in [-0.1, -0.05) is 12.1 Å². The Morgan fingerprint density at radius 2 is 1.78 bits per heavy atom. The summed E-state index contributed by atoms with van der Waals surface area (Å²) in [5, 5.41) is 0. The lowest BCUT2D eigenvalue weighted by Crippen LogP contribution is -2.03. The van der Waals surface area contributed by atoms with Crippen LogP contribution < -0.4 is 14.2 Å². The maximum absolute atomic E-state index is 11.6. The molecule has 0 aliphatic rings. The van der Waals surface area contributed by atoms with E-state index in [9.17, 15) is 4.79 Å². The first-order valence-electron chi connectivity index (χ1n) is 5.61. The molecule has 0 saturated heterocycles. The van der Waals surface area contributed by atoms with Crippen molar-refractivity contribution in [3.63, 3.8) is 0 Å². The van der Waals surface area contributed by atoms with Crippen LogP contribution in [0.2, 0.25) is 0 Å². The van der Waals surface area contributed by atoms with E-state index in [1.54, 1.807) is 26.4 Å². The molecule has 0 N–H and O–H groups in total. The van der Waals surface area contributed by atoms with E-state index in [1.165, 1.54) is 13.2 Å². The summed E-state index contributed by atoms with van der Waals surface area (Å²) < 4.78 is 15.8. The number of carbonyl (C=O) groups is 1. The van der Waals surface area contributed by atoms with Gasteiger partial charge in [0.1, 0.15) is 0 Å². The van der Waals surface area contributed by atoms with Gasteiger partial charge < -0.3 is 14.2 Å². The second kappa shape index (κ2) is 6.69. The highest BCUT2D eigenvalue weighted by molar-refractivity contribution is 5.92. The summed E-state index contributed by atoms with van der Waals surface area (Å²) in [5.74, 6) is 1.64. The monoisotopic (exact) mass is 250 g/mol. The Kier molecular flexibility index (Phi) is 5.24. The zero-order chi connectivity index (χ0) is 13.5. The third-order valence-electron chi connectivity index (χ3n) is 2.50. The van der Waals surface area contributed by atoms with Crippen molar-refractivity contribution in [3.8, 4) is 17.2 Å². The molecule has 98 valence electrons. The Morgan fingerprint density at radius 3 is 2.28 bits per heavy atom. The fraction of sp³-hybridized carbons (Fsp3) is 0.357. The number of rotatable bonds is 6. The van der Waals surface area contributed by atoms with Gasteiger partial charge in [0.2, 0.25) is 5.75 Å². The van der Waals surface area contributed by atoms with Gasteiger partial charge >= 0.3 is 0 Å². The maximum Gasteiger partial charge on any atom is 0.203 e. The summed E-state index contributed by atoms with van der Waals surface area (Å²) >= 11 is 0. The summed E-state index contributed by atoms with van der Waals surface area (Å²) in [7, 11) is 4.64. The minimum absolute atomic E-state index is 0.0167. The Labute approximate surface area is 107 Å². The minimum Gasteiger partial charge on any atom is -0.493 e. The molecule has 0 aliphatic carbocycles. The second-order valence-electron chi connectivity index (χ2n) is 3.64. The molecule has 1 rings (SSSR count). The number of hydrogen-bond acceptors (Lipinski definition) is 4. The molecule has 0 aliphatic heterocycles. The Hall–Kier alpha value is -1.97. The van der Waals surface area contributed by atoms with Crippen LogP contribution in [0.3, 0.4) is 0 Å². The minimum atomic E-state index is 0.0167. The van der Waals surface area contributed by atoms with E-state index < -0.39 is 0 Å². The van der Waals surface area contributed by atoms with Crippen LogP contribution in [0.25, 0.3) is 0 Å². The van der Waals surface area contributed by atoms with Gasteiger partial charge in [0, 0.05) is 12.0 Å². The Balaban J connectivity index is 3.16. The molecule has 1 aromatic rings. The van der Waals surface area contributed by atoms with E-state index in [2.05, 4.69) is 0 Å². The third kappa shape index (κ3) is 3.03. The van der Waals surface area contributed by atoms with Crippen LogP contribution in [-0.2, 0) is 11.2 Å². The first-order valence-corrected chi connectivity index (χ1v) is 5.61. The highest BCUT2D eigenvalue weighted by atomic mass is 16.5. The molecule has 4 nitrogen and oxygen atoms in total. The van der Waals surface area contributed by atoms with E-state index in [1.807, 2.05) is 13.0 Å². The highest BCUT2D eigenvalue weighted by Gasteiger charge is 2.16. The number of carbonyl (C=O) groups excluding carboxylic acids is 1. The molecule has 18 heavy (non-hydrogen) atoms. The average Bonchev–Trinajstić information content (AvgIpc) is 2.38. The van der Waals surface area contributed by atoms with Gasteiger partial charge in [-0.05, 0) is 19.1 Å². The smallest absolute Gasteiger partial charge is 0.203 e. The van der Waals surface area contributed by atoms with E-state index in [4.69, 9.17) is 14.2 Å². The van der Waals surface area contributed by atoms with Crippen molar-refractivity contribution in [2.24, 2.45) is 0 Å². The predicted molar refractivity (Wildman–Crippen MR) is 69.6 cm³/mol. The van der Waals surface area contributed by atoms with Gasteiger partial charge in [0.05, 0.1) is 21.3 Å².